The Labute approximate surface area is 170 Å². The first-order valence-electron chi connectivity index (χ1n) is 7.84. The van der Waals surface area contributed by atoms with Crippen molar-refractivity contribution in [1.82, 2.24) is 10.9 Å². The van der Waals surface area contributed by atoms with Gasteiger partial charge < -0.3 is 10.2 Å². The first kappa shape index (κ1) is 17.6. The van der Waals surface area contributed by atoms with Crippen LogP contribution in [0.4, 0.5) is 20.3 Å². The number of hydrogen-bond acceptors (Lipinski definition) is 5. The number of nitrogens with zero attached hydrogens (tertiary/aromatic N) is 4. The summed E-state index contributed by atoms with van der Waals surface area (Å²) in [6.45, 7) is 5.33. The van der Waals surface area contributed by atoms with E-state index in [1.165, 1.54) is 6.92 Å². The maximum absolute atomic E-state index is 14.8. The molecule has 10 heteroatoms. The molecule has 0 amide bonds. The second-order valence-electron chi connectivity index (χ2n) is 6.47. The maximum Gasteiger partial charge on any atom is 0.359 e. The highest BCUT2D eigenvalue weighted by Gasteiger charge is 2.37. The van der Waals surface area contributed by atoms with Crippen LogP contribution in [0.5, 0.6) is 0 Å². The van der Waals surface area contributed by atoms with Gasteiger partial charge in [-0.05, 0) is 13.8 Å². The Kier molecular flexibility index (Phi) is 4.34. The van der Waals surface area contributed by atoms with Crippen LogP contribution in [0.3, 0.4) is 0 Å². The predicted octanol–water partition coefficient (Wildman–Crippen LogP) is 2.84. The molecule has 6 nitrogen and oxygen atoms in total. The van der Waals surface area contributed by atoms with Gasteiger partial charge in [-0.25, -0.2) is 19.5 Å². The molecule has 0 radical (unpaired) electrons. The number of rotatable bonds is 0. The fourth-order valence-corrected chi connectivity index (χ4v) is 4.71. The van der Waals surface area contributed by atoms with Crippen molar-refractivity contribution in [3.05, 3.63) is 27.7 Å². The zero-order valence-corrected chi connectivity index (χ0v) is 17.8. The zero-order valence-electron chi connectivity index (χ0n) is 13.5. The van der Waals surface area contributed by atoms with Crippen LogP contribution in [0.1, 0.15) is 12.5 Å². The lowest BCUT2D eigenvalue weighted by Gasteiger charge is -2.42. The van der Waals surface area contributed by atoms with E-state index in [-0.39, 0.29) is 28.9 Å². The van der Waals surface area contributed by atoms with E-state index >= 15 is 0 Å². The molecular formula is C15H15F2I2N5O. The summed E-state index contributed by atoms with van der Waals surface area (Å²) in [5.74, 6) is -0.971. The van der Waals surface area contributed by atoms with Crippen LogP contribution in [0.25, 0.3) is 10.9 Å². The van der Waals surface area contributed by atoms with Gasteiger partial charge in [0, 0.05) is 54.1 Å². The van der Waals surface area contributed by atoms with Crippen molar-refractivity contribution in [2.45, 2.75) is 25.9 Å². The topological polar surface area (TPSA) is 53.4 Å². The number of piperazine rings is 1. The molecule has 25 heavy (non-hydrogen) atoms. The highest BCUT2D eigenvalue weighted by atomic mass is 127. The molecule has 0 saturated carbocycles. The van der Waals surface area contributed by atoms with Gasteiger partial charge in [0.25, 0.3) is 0 Å². The zero-order chi connectivity index (χ0) is 18.0. The van der Waals surface area contributed by atoms with E-state index < -0.39 is 17.3 Å². The Morgan fingerprint density at radius 3 is 2.68 bits per heavy atom. The Morgan fingerprint density at radius 2 is 1.96 bits per heavy atom. The van der Waals surface area contributed by atoms with Crippen LogP contribution in [-0.4, -0.2) is 42.6 Å². The molecule has 1 aromatic carbocycles. The lowest BCUT2D eigenvalue weighted by molar-refractivity contribution is 0.316. The standard InChI is InChI=1S/C15H15F2I2N5O/c1-6-4-22-8(5-23(6)18)3-20-12-9-13(11(17)7(2)10(12)16)24(19)15(25)21-14(9)22/h6,8,20H,3-5H2,1-2H3. The number of halogens is 4. The number of benzene rings is 1. The third kappa shape index (κ3) is 2.54. The molecule has 1 aromatic heterocycles. The van der Waals surface area contributed by atoms with Crippen LogP contribution in [0.2, 0.25) is 0 Å². The molecule has 3 heterocycles. The minimum atomic E-state index is -0.716. The van der Waals surface area contributed by atoms with Crippen molar-refractivity contribution < 1.29 is 8.78 Å². The number of nitrogens with one attached hydrogen (secondary N) is 1. The second-order valence-corrected chi connectivity index (χ2v) is 8.67. The van der Waals surface area contributed by atoms with Gasteiger partial charge in [-0.2, -0.15) is 4.98 Å². The van der Waals surface area contributed by atoms with Gasteiger partial charge in [0.05, 0.1) is 40.0 Å². The molecule has 2 atom stereocenters. The predicted molar refractivity (Wildman–Crippen MR) is 110 cm³/mol. The minimum Gasteiger partial charge on any atom is -0.380 e. The monoisotopic (exact) mass is 573 g/mol. The number of fused-ring (bicyclic) bond motifs is 2. The SMILES string of the molecule is Cc1c(F)c2c3c(nc(=O)n(I)c3c1F)N1CC(C)N(I)CC1CN2. The molecule has 2 unspecified atom stereocenters. The van der Waals surface area contributed by atoms with E-state index in [2.05, 4.69) is 43.2 Å². The fourth-order valence-electron chi connectivity index (χ4n) is 3.52. The van der Waals surface area contributed by atoms with Crippen LogP contribution in [-0.2, 0) is 0 Å². The molecule has 2 aliphatic rings. The Hall–Kier alpha value is -0.760. The van der Waals surface area contributed by atoms with Crippen LogP contribution >= 0.6 is 45.7 Å². The van der Waals surface area contributed by atoms with Gasteiger partial charge in [0.2, 0.25) is 0 Å². The molecule has 1 fully saturated rings. The first-order valence-corrected chi connectivity index (χ1v) is 9.77. The van der Waals surface area contributed by atoms with Gasteiger partial charge in [0.1, 0.15) is 11.3 Å². The van der Waals surface area contributed by atoms with E-state index in [4.69, 9.17) is 0 Å². The van der Waals surface area contributed by atoms with Crippen molar-refractivity contribution in [2.75, 3.05) is 29.9 Å². The summed E-state index contributed by atoms with van der Waals surface area (Å²) in [6, 6.07) is 0.251. The van der Waals surface area contributed by atoms with Crippen molar-refractivity contribution in [3.8, 4) is 0 Å². The van der Waals surface area contributed by atoms with Crippen LogP contribution in [0, 0.1) is 18.6 Å². The molecule has 0 aliphatic carbocycles. The first-order chi connectivity index (χ1) is 11.8. The fraction of sp³-hybridized carbons (Fsp3) is 0.467. The summed E-state index contributed by atoms with van der Waals surface area (Å²) in [7, 11) is 0. The quantitative estimate of drug-likeness (QED) is 0.389. The third-order valence-corrected chi connectivity index (χ3v) is 7.15. The number of hydrogen-bond donors (Lipinski definition) is 1. The van der Waals surface area contributed by atoms with Crippen molar-refractivity contribution >= 4 is 68.1 Å². The molecule has 4 rings (SSSR count). The highest BCUT2D eigenvalue weighted by molar-refractivity contribution is 14.1. The summed E-state index contributed by atoms with van der Waals surface area (Å²) in [6.07, 6.45) is 0. The molecule has 2 aliphatic heterocycles. The lowest BCUT2D eigenvalue weighted by Crippen LogP contribution is -2.56. The molecule has 1 saturated heterocycles. The Balaban J connectivity index is 2.09. The number of aromatic nitrogens is 2. The van der Waals surface area contributed by atoms with Crippen molar-refractivity contribution in [3.63, 3.8) is 0 Å². The van der Waals surface area contributed by atoms with Gasteiger partial charge >= 0.3 is 5.69 Å². The molecular weight excluding hydrogens is 558 g/mol. The van der Waals surface area contributed by atoms with Crippen molar-refractivity contribution in [2.24, 2.45) is 0 Å². The van der Waals surface area contributed by atoms with Gasteiger partial charge in [-0.15, -0.1) is 0 Å². The third-order valence-electron chi connectivity index (χ3n) is 4.91. The average Bonchev–Trinajstić information content (AvgIpc) is 2.71. The van der Waals surface area contributed by atoms with E-state index in [0.29, 0.717) is 24.3 Å². The Bertz CT molecular complexity index is 950. The second kappa shape index (κ2) is 6.15. The van der Waals surface area contributed by atoms with E-state index in [0.717, 1.165) is 9.33 Å². The summed E-state index contributed by atoms with van der Waals surface area (Å²) in [5, 5.41) is 3.47. The van der Waals surface area contributed by atoms with Crippen LogP contribution < -0.4 is 15.9 Å². The normalized spacial score (nSPS) is 23.4. The Morgan fingerprint density at radius 1 is 1.24 bits per heavy atom. The summed E-state index contributed by atoms with van der Waals surface area (Å²) in [5.41, 5.74) is -0.337. The van der Waals surface area contributed by atoms with E-state index in [9.17, 15) is 13.6 Å². The average molecular weight is 573 g/mol. The number of anilines is 2. The summed E-state index contributed by atoms with van der Waals surface area (Å²) in [4.78, 5) is 18.5. The highest BCUT2D eigenvalue weighted by Crippen LogP contribution is 2.40. The summed E-state index contributed by atoms with van der Waals surface area (Å²) >= 11 is 4.00. The molecule has 134 valence electrons. The van der Waals surface area contributed by atoms with E-state index in [1.54, 1.807) is 22.9 Å². The lowest BCUT2D eigenvalue weighted by atomic mass is 10.1. The minimum absolute atomic E-state index is 0.0171. The van der Waals surface area contributed by atoms with Gasteiger partial charge in [0.15, 0.2) is 11.6 Å². The molecule has 0 spiro atoms. The van der Waals surface area contributed by atoms with Crippen LogP contribution in [0.15, 0.2) is 4.79 Å². The van der Waals surface area contributed by atoms with E-state index in [1.807, 2.05) is 4.90 Å². The summed E-state index contributed by atoms with van der Waals surface area (Å²) < 4.78 is 32.9. The van der Waals surface area contributed by atoms with Crippen molar-refractivity contribution in [1.29, 1.82) is 0 Å². The molecule has 0 bridgehead atoms. The maximum atomic E-state index is 14.8. The molecule has 1 N–H and O–H groups in total. The largest absolute Gasteiger partial charge is 0.380 e. The van der Waals surface area contributed by atoms with Gasteiger partial charge in [-0.3, -0.25) is 0 Å². The smallest absolute Gasteiger partial charge is 0.359 e. The van der Waals surface area contributed by atoms with Gasteiger partial charge in [-0.1, -0.05) is 0 Å². The molecule has 2 aromatic rings.